The van der Waals surface area contributed by atoms with Gasteiger partial charge in [-0.1, -0.05) is 47.5 Å². The highest BCUT2D eigenvalue weighted by Gasteiger charge is 2.58. The van der Waals surface area contributed by atoms with E-state index in [4.69, 9.17) is 10.2 Å². The maximum absolute atomic E-state index is 13.5. The average Bonchev–Trinajstić information content (AvgIpc) is 3.17. The van der Waals surface area contributed by atoms with Crippen LogP contribution < -0.4 is 0 Å². The van der Waals surface area contributed by atoms with Crippen LogP contribution in [0, 0.1) is 34.5 Å². The molecule has 4 aliphatic carbocycles. The number of hydrogen-bond donors (Lipinski definition) is 2. The molecule has 4 rings (SSSR count). The summed E-state index contributed by atoms with van der Waals surface area (Å²) in [5, 5.41) is 16.0. The van der Waals surface area contributed by atoms with Gasteiger partial charge in [0.2, 0.25) is 0 Å². The van der Waals surface area contributed by atoms with Gasteiger partial charge in [0.25, 0.3) is 0 Å². The zero-order valence-corrected chi connectivity index (χ0v) is 21.9. The van der Waals surface area contributed by atoms with Crippen LogP contribution in [0.1, 0.15) is 125 Å². The Morgan fingerprint density at radius 3 is 2.31 bits per heavy atom. The van der Waals surface area contributed by atoms with Crippen molar-refractivity contribution in [3.63, 3.8) is 0 Å². The van der Waals surface area contributed by atoms with Crippen LogP contribution in [0.5, 0.6) is 0 Å². The van der Waals surface area contributed by atoms with E-state index in [0.717, 1.165) is 51.0 Å². The molecule has 0 radical (unpaired) electrons. The Labute approximate surface area is 197 Å². The molecule has 0 aromatic rings. The molecule has 4 fully saturated rings. The number of carboxylic acid groups (broad SMARTS) is 1. The van der Waals surface area contributed by atoms with Gasteiger partial charge in [-0.15, -0.1) is 0 Å². The zero-order chi connectivity index (χ0) is 24.4. The SMILES string of the molecule is CC.CC.CC12C(=O)CCC34CCCCC3CCC(C4)C1CCC2CCCC(=O)O.CO. The zero-order valence-electron chi connectivity index (χ0n) is 21.9. The molecule has 0 aromatic carbocycles. The number of aliphatic hydroxyl groups is 1. The van der Waals surface area contributed by atoms with Gasteiger partial charge in [-0.25, -0.2) is 0 Å². The third kappa shape index (κ3) is 5.96. The monoisotopic (exact) mass is 452 g/mol. The molecule has 0 saturated heterocycles. The van der Waals surface area contributed by atoms with Crippen molar-refractivity contribution in [1.82, 2.24) is 0 Å². The molecule has 0 aromatic heterocycles. The lowest BCUT2D eigenvalue weighted by molar-refractivity contribution is -0.141. The fraction of sp³-hybridized carbons (Fsp3) is 0.929. The van der Waals surface area contributed by atoms with Gasteiger partial charge in [0.05, 0.1) is 0 Å². The predicted octanol–water partition coefficient (Wildman–Crippen LogP) is 7.27. The van der Waals surface area contributed by atoms with Crippen molar-refractivity contribution in [2.24, 2.45) is 34.5 Å². The number of aliphatic hydroxyl groups excluding tert-OH is 1. The molecule has 6 atom stereocenters. The summed E-state index contributed by atoms with van der Waals surface area (Å²) in [4.78, 5) is 24.4. The molecule has 4 heteroatoms. The predicted molar refractivity (Wildman–Crippen MR) is 133 cm³/mol. The van der Waals surface area contributed by atoms with Gasteiger partial charge in [-0.05, 0) is 93.3 Å². The lowest BCUT2D eigenvalue weighted by Gasteiger charge is -2.55. The van der Waals surface area contributed by atoms with E-state index in [-0.39, 0.29) is 11.8 Å². The van der Waals surface area contributed by atoms with Crippen molar-refractivity contribution >= 4 is 11.8 Å². The first kappa shape index (κ1) is 29.1. The lowest BCUT2D eigenvalue weighted by Crippen LogP contribution is -2.49. The van der Waals surface area contributed by atoms with Gasteiger partial charge < -0.3 is 10.2 Å². The number of Topliss-reactive ketones (excluding diaryl/α,β-unsaturated/α-hetero) is 1. The van der Waals surface area contributed by atoms with Crippen molar-refractivity contribution in [2.75, 3.05) is 7.11 Å². The van der Waals surface area contributed by atoms with Crippen molar-refractivity contribution < 1.29 is 19.8 Å². The Morgan fingerprint density at radius 2 is 1.66 bits per heavy atom. The fourth-order valence-electron chi connectivity index (χ4n) is 7.93. The standard InChI is InChI=1S/C23H36O3.2C2H6.CH4O/c1-22-17(6-4-7-21(25)26)10-11-19(22)16-8-9-18-5-2-3-13-23(18,15-16)14-12-20(22)24;3*1-2/h16-19H,2-15H2,1H3,(H,25,26);2*1-2H3;2H,1H3. The number of fused-ring (bicyclic) bond motifs is 3. The number of ketones is 1. The summed E-state index contributed by atoms with van der Waals surface area (Å²) >= 11 is 0. The summed E-state index contributed by atoms with van der Waals surface area (Å²) < 4.78 is 0. The summed E-state index contributed by atoms with van der Waals surface area (Å²) in [6.45, 7) is 10.3. The molecule has 2 bridgehead atoms. The van der Waals surface area contributed by atoms with E-state index in [9.17, 15) is 9.59 Å². The first-order valence-corrected chi connectivity index (χ1v) is 13.7. The fourth-order valence-corrected chi connectivity index (χ4v) is 7.93. The highest BCUT2D eigenvalue weighted by Crippen LogP contribution is 2.63. The smallest absolute Gasteiger partial charge is 0.303 e. The Hall–Kier alpha value is -0.900. The van der Waals surface area contributed by atoms with Gasteiger partial charge in [-0.2, -0.15) is 0 Å². The van der Waals surface area contributed by atoms with E-state index in [0.29, 0.717) is 23.0 Å². The second kappa shape index (κ2) is 13.7. The molecule has 0 aliphatic heterocycles. The Balaban J connectivity index is 0.000000789. The maximum atomic E-state index is 13.5. The number of aliphatic carboxylic acids is 1. The highest BCUT2D eigenvalue weighted by molar-refractivity contribution is 5.85. The Bertz CT molecular complexity index is 574. The van der Waals surface area contributed by atoms with Crippen LogP contribution in [0.25, 0.3) is 0 Å². The second-order valence-electron chi connectivity index (χ2n) is 10.2. The van der Waals surface area contributed by atoms with E-state index in [1.165, 1.54) is 51.4 Å². The third-order valence-electron chi connectivity index (χ3n) is 9.31. The molecule has 4 aliphatic rings. The van der Waals surface area contributed by atoms with Crippen molar-refractivity contribution in [3.8, 4) is 0 Å². The van der Waals surface area contributed by atoms with E-state index in [2.05, 4.69) is 6.92 Å². The molecule has 188 valence electrons. The topological polar surface area (TPSA) is 74.6 Å². The summed E-state index contributed by atoms with van der Waals surface area (Å²) in [7, 11) is 1.00. The molecular weight excluding hydrogens is 400 g/mol. The first-order valence-electron chi connectivity index (χ1n) is 13.7. The first-order chi connectivity index (χ1) is 15.5. The molecular formula is C28H52O4. The summed E-state index contributed by atoms with van der Waals surface area (Å²) in [5.41, 5.74) is 0.311. The number of hydrogen-bond acceptors (Lipinski definition) is 3. The summed E-state index contributed by atoms with van der Waals surface area (Å²) in [6.07, 6.45) is 15.8. The van der Waals surface area contributed by atoms with Gasteiger partial charge in [0.1, 0.15) is 5.78 Å². The van der Waals surface area contributed by atoms with Crippen molar-refractivity contribution in [2.45, 2.75) is 125 Å². The highest BCUT2D eigenvalue weighted by atomic mass is 16.4. The summed E-state index contributed by atoms with van der Waals surface area (Å²) in [6, 6.07) is 0. The maximum Gasteiger partial charge on any atom is 0.303 e. The number of carbonyl (C=O) groups is 2. The molecule has 6 unspecified atom stereocenters. The quantitative estimate of drug-likeness (QED) is 0.470. The molecule has 2 N–H and O–H groups in total. The van der Waals surface area contributed by atoms with Crippen LogP contribution in [0.4, 0.5) is 0 Å². The lowest BCUT2D eigenvalue weighted by atomic mass is 9.49. The minimum atomic E-state index is -0.703. The number of carboxylic acids is 1. The normalized spacial score (nSPS) is 37.4. The summed E-state index contributed by atoms with van der Waals surface area (Å²) in [5.74, 6) is 2.42. The van der Waals surface area contributed by atoms with E-state index >= 15 is 0 Å². The van der Waals surface area contributed by atoms with Crippen LogP contribution in [-0.2, 0) is 9.59 Å². The molecule has 32 heavy (non-hydrogen) atoms. The minimum Gasteiger partial charge on any atom is -0.481 e. The van der Waals surface area contributed by atoms with E-state index < -0.39 is 5.97 Å². The van der Waals surface area contributed by atoms with Gasteiger partial charge in [0, 0.05) is 25.4 Å². The van der Waals surface area contributed by atoms with E-state index in [1.54, 1.807) is 0 Å². The van der Waals surface area contributed by atoms with Crippen LogP contribution in [-0.4, -0.2) is 29.1 Å². The second-order valence-corrected chi connectivity index (χ2v) is 10.2. The van der Waals surface area contributed by atoms with Crippen LogP contribution in [0.3, 0.4) is 0 Å². The van der Waals surface area contributed by atoms with Crippen LogP contribution in [0.2, 0.25) is 0 Å². The average molecular weight is 453 g/mol. The van der Waals surface area contributed by atoms with Crippen molar-refractivity contribution in [3.05, 3.63) is 0 Å². The number of rotatable bonds is 4. The molecule has 4 nitrogen and oxygen atoms in total. The largest absolute Gasteiger partial charge is 0.481 e. The molecule has 0 amide bonds. The minimum absolute atomic E-state index is 0.174. The van der Waals surface area contributed by atoms with Gasteiger partial charge in [0.15, 0.2) is 0 Å². The van der Waals surface area contributed by atoms with Gasteiger partial charge in [-0.3, -0.25) is 9.59 Å². The third-order valence-corrected chi connectivity index (χ3v) is 9.31. The molecule has 0 heterocycles. The van der Waals surface area contributed by atoms with Crippen molar-refractivity contribution in [1.29, 1.82) is 0 Å². The molecule has 1 spiro atoms. The van der Waals surface area contributed by atoms with Crippen LogP contribution in [0.15, 0.2) is 0 Å². The molecule has 4 saturated carbocycles. The van der Waals surface area contributed by atoms with Crippen LogP contribution >= 0.6 is 0 Å². The van der Waals surface area contributed by atoms with E-state index in [1.807, 2.05) is 27.7 Å². The Morgan fingerprint density at radius 1 is 0.969 bits per heavy atom. The Kier molecular flexibility index (Phi) is 12.5. The number of carbonyl (C=O) groups excluding carboxylic acids is 1. The van der Waals surface area contributed by atoms with Gasteiger partial charge >= 0.3 is 5.97 Å².